The SMILES string of the molecule is Cc1cn(-c2ccccc2Cl)nc1NC(=O)c1ccn(C)c(=O)c1. The molecule has 0 aliphatic carbocycles. The second-order valence-electron chi connectivity index (χ2n) is 5.38. The molecule has 6 nitrogen and oxygen atoms in total. The van der Waals surface area contributed by atoms with Gasteiger partial charge in [0.25, 0.3) is 11.5 Å². The van der Waals surface area contributed by atoms with Gasteiger partial charge in [0.05, 0.1) is 10.7 Å². The summed E-state index contributed by atoms with van der Waals surface area (Å²) < 4.78 is 3.01. The zero-order valence-electron chi connectivity index (χ0n) is 13.2. The van der Waals surface area contributed by atoms with Gasteiger partial charge in [-0.2, -0.15) is 0 Å². The number of pyridine rings is 1. The van der Waals surface area contributed by atoms with E-state index in [1.807, 2.05) is 25.1 Å². The number of nitrogens with zero attached hydrogens (tertiary/aromatic N) is 3. The van der Waals surface area contributed by atoms with Crippen LogP contribution in [0.1, 0.15) is 15.9 Å². The van der Waals surface area contributed by atoms with Crippen LogP contribution in [0.3, 0.4) is 0 Å². The molecule has 0 bridgehead atoms. The number of aryl methyl sites for hydroxylation is 2. The van der Waals surface area contributed by atoms with Gasteiger partial charge in [0, 0.05) is 36.6 Å². The van der Waals surface area contributed by atoms with Gasteiger partial charge in [-0.05, 0) is 25.1 Å². The summed E-state index contributed by atoms with van der Waals surface area (Å²) in [7, 11) is 1.62. The Bertz CT molecular complexity index is 975. The topological polar surface area (TPSA) is 68.9 Å². The van der Waals surface area contributed by atoms with E-state index in [1.165, 1.54) is 10.6 Å². The summed E-state index contributed by atoms with van der Waals surface area (Å²) in [6, 6.07) is 10.2. The van der Waals surface area contributed by atoms with Gasteiger partial charge in [-0.3, -0.25) is 9.59 Å². The molecule has 0 saturated heterocycles. The third-order valence-electron chi connectivity index (χ3n) is 3.59. The van der Waals surface area contributed by atoms with Crippen LogP contribution >= 0.6 is 11.6 Å². The standard InChI is InChI=1S/C17H15ClN4O2/c1-11-10-22(14-6-4-3-5-13(14)18)20-16(11)19-17(24)12-7-8-21(2)15(23)9-12/h3-10H,1-2H3,(H,19,20,24). The van der Waals surface area contributed by atoms with Crippen LogP contribution in [0, 0.1) is 6.92 Å². The molecule has 1 N–H and O–H groups in total. The minimum atomic E-state index is -0.389. The molecule has 24 heavy (non-hydrogen) atoms. The van der Waals surface area contributed by atoms with Crippen molar-refractivity contribution in [3.05, 3.63) is 75.3 Å². The first-order chi connectivity index (χ1) is 11.5. The van der Waals surface area contributed by atoms with Crippen molar-refractivity contribution in [3.63, 3.8) is 0 Å². The first kappa shape index (κ1) is 16.0. The van der Waals surface area contributed by atoms with E-state index in [-0.39, 0.29) is 17.0 Å². The monoisotopic (exact) mass is 342 g/mol. The van der Waals surface area contributed by atoms with E-state index in [2.05, 4.69) is 10.4 Å². The first-order valence-electron chi connectivity index (χ1n) is 7.25. The Balaban J connectivity index is 1.88. The number of nitrogens with one attached hydrogen (secondary N) is 1. The number of rotatable bonds is 3. The van der Waals surface area contributed by atoms with Crippen molar-refractivity contribution in [2.45, 2.75) is 6.92 Å². The lowest BCUT2D eigenvalue weighted by Gasteiger charge is -2.05. The van der Waals surface area contributed by atoms with Crippen molar-refractivity contribution < 1.29 is 4.79 Å². The molecule has 2 heterocycles. The van der Waals surface area contributed by atoms with Crippen molar-refractivity contribution in [1.29, 1.82) is 0 Å². The molecule has 0 spiro atoms. The van der Waals surface area contributed by atoms with Crippen molar-refractivity contribution in [3.8, 4) is 5.69 Å². The van der Waals surface area contributed by atoms with Crippen LogP contribution in [-0.4, -0.2) is 20.3 Å². The van der Waals surface area contributed by atoms with Crippen molar-refractivity contribution in [1.82, 2.24) is 14.3 Å². The highest BCUT2D eigenvalue weighted by Crippen LogP contribution is 2.22. The molecule has 122 valence electrons. The Hall–Kier alpha value is -2.86. The molecule has 7 heteroatoms. The van der Waals surface area contributed by atoms with Gasteiger partial charge in [0.15, 0.2) is 5.82 Å². The van der Waals surface area contributed by atoms with E-state index in [0.717, 1.165) is 11.3 Å². The van der Waals surface area contributed by atoms with Gasteiger partial charge in [0.2, 0.25) is 0 Å². The molecule has 0 radical (unpaired) electrons. The van der Waals surface area contributed by atoms with Crippen LogP contribution in [0.2, 0.25) is 5.02 Å². The third-order valence-corrected chi connectivity index (χ3v) is 3.91. The fraction of sp³-hybridized carbons (Fsp3) is 0.118. The maximum atomic E-state index is 12.3. The number of hydrogen-bond acceptors (Lipinski definition) is 3. The second kappa shape index (κ2) is 6.33. The minimum Gasteiger partial charge on any atom is -0.319 e. The molecular weight excluding hydrogens is 328 g/mol. The average Bonchev–Trinajstić information content (AvgIpc) is 2.91. The van der Waals surface area contributed by atoms with E-state index in [1.54, 1.807) is 36.3 Å². The number of amides is 1. The number of aromatic nitrogens is 3. The summed E-state index contributed by atoms with van der Waals surface area (Å²) in [6.45, 7) is 1.83. The lowest BCUT2D eigenvalue weighted by Crippen LogP contribution is -2.20. The lowest BCUT2D eigenvalue weighted by atomic mass is 10.2. The van der Waals surface area contributed by atoms with E-state index >= 15 is 0 Å². The summed E-state index contributed by atoms with van der Waals surface area (Å²) in [5, 5.41) is 7.64. The van der Waals surface area contributed by atoms with Gasteiger partial charge in [-0.25, -0.2) is 4.68 Å². The highest BCUT2D eigenvalue weighted by Gasteiger charge is 2.13. The number of benzene rings is 1. The molecule has 3 aromatic rings. The molecular formula is C17H15ClN4O2. The molecule has 1 aromatic carbocycles. The summed E-state index contributed by atoms with van der Waals surface area (Å²) in [5.41, 5.74) is 1.54. The molecule has 0 aliphatic heterocycles. The van der Waals surface area contributed by atoms with Crippen LogP contribution in [-0.2, 0) is 7.05 Å². The predicted molar refractivity (Wildman–Crippen MR) is 92.9 cm³/mol. The van der Waals surface area contributed by atoms with E-state index < -0.39 is 0 Å². The summed E-state index contributed by atoms with van der Waals surface area (Å²) >= 11 is 6.17. The van der Waals surface area contributed by atoms with Crippen molar-refractivity contribution in [2.75, 3.05) is 5.32 Å². The van der Waals surface area contributed by atoms with Crippen LogP contribution in [0.25, 0.3) is 5.69 Å². The number of anilines is 1. The summed E-state index contributed by atoms with van der Waals surface area (Å²) in [5.74, 6) is 0.0285. The fourth-order valence-electron chi connectivity index (χ4n) is 2.21. The second-order valence-corrected chi connectivity index (χ2v) is 5.78. The molecule has 0 fully saturated rings. The largest absolute Gasteiger partial charge is 0.319 e. The Morgan fingerprint density at radius 2 is 2.00 bits per heavy atom. The van der Waals surface area contributed by atoms with Gasteiger partial charge >= 0.3 is 0 Å². The normalized spacial score (nSPS) is 10.6. The van der Waals surface area contributed by atoms with Gasteiger partial charge in [-0.15, -0.1) is 5.10 Å². The van der Waals surface area contributed by atoms with Crippen LogP contribution in [0.5, 0.6) is 0 Å². The van der Waals surface area contributed by atoms with Crippen molar-refractivity contribution in [2.24, 2.45) is 7.05 Å². The highest BCUT2D eigenvalue weighted by atomic mass is 35.5. The van der Waals surface area contributed by atoms with Crippen molar-refractivity contribution >= 4 is 23.3 Å². The quantitative estimate of drug-likeness (QED) is 0.795. The van der Waals surface area contributed by atoms with E-state index in [0.29, 0.717) is 10.8 Å². The number of para-hydroxylation sites is 1. The molecule has 0 atom stereocenters. The Morgan fingerprint density at radius 3 is 2.71 bits per heavy atom. The van der Waals surface area contributed by atoms with E-state index in [4.69, 9.17) is 11.6 Å². The zero-order valence-corrected chi connectivity index (χ0v) is 13.9. The first-order valence-corrected chi connectivity index (χ1v) is 7.63. The number of hydrogen-bond donors (Lipinski definition) is 1. The lowest BCUT2D eigenvalue weighted by molar-refractivity contribution is 0.102. The van der Waals surface area contributed by atoms with Gasteiger partial charge in [-0.1, -0.05) is 23.7 Å². The molecule has 3 rings (SSSR count). The number of carbonyl (C=O) groups excluding carboxylic acids is 1. The molecule has 0 saturated carbocycles. The van der Waals surface area contributed by atoms with E-state index in [9.17, 15) is 9.59 Å². The van der Waals surface area contributed by atoms with Gasteiger partial charge < -0.3 is 9.88 Å². The Morgan fingerprint density at radius 1 is 1.25 bits per heavy atom. The van der Waals surface area contributed by atoms with Crippen LogP contribution in [0.4, 0.5) is 5.82 Å². The number of halogens is 1. The van der Waals surface area contributed by atoms with Crippen LogP contribution < -0.4 is 10.9 Å². The molecule has 0 aliphatic rings. The smallest absolute Gasteiger partial charge is 0.257 e. The summed E-state index contributed by atoms with van der Waals surface area (Å²) in [4.78, 5) is 23.9. The Kier molecular flexibility index (Phi) is 4.22. The highest BCUT2D eigenvalue weighted by molar-refractivity contribution is 6.32. The van der Waals surface area contributed by atoms with Gasteiger partial charge in [0.1, 0.15) is 0 Å². The molecule has 1 amide bonds. The maximum absolute atomic E-state index is 12.3. The minimum absolute atomic E-state index is 0.249. The molecule has 2 aromatic heterocycles. The third kappa shape index (κ3) is 3.09. The number of carbonyl (C=O) groups is 1. The van der Waals surface area contributed by atoms with Crippen LogP contribution in [0.15, 0.2) is 53.6 Å². The zero-order chi connectivity index (χ0) is 17.3. The average molecular weight is 343 g/mol. The fourth-order valence-corrected chi connectivity index (χ4v) is 2.44. The Labute approximate surface area is 143 Å². The summed E-state index contributed by atoms with van der Waals surface area (Å²) in [6.07, 6.45) is 3.33. The molecule has 0 unspecified atom stereocenters. The predicted octanol–water partition coefficient (Wildman–Crippen LogP) is 2.79. The maximum Gasteiger partial charge on any atom is 0.257 e.